The molecule has 1 amide bonds. The quantitative estimate of drug-likeness (QED) is 0.392. The first-order chi connectivity index (χ1) is 17.7. The number of nitrogens with one attached hydrogen (secondary N) is 2. The molecule has 192 valence electrons. The summed E-state index contributed by atoms with van der Waals surface area (Å²) in [5.74, 6) is -0.476. The van der Waals surface area contributed by atoms with E-state index in [2.05, 4.69) is 20.2 Å². The van der Waals surface area contributed by atoms with Crippen molar-refractivity contribution in [3.8, 4) is 0 Å². The van der Waals surface area contributed by atoms with Gasteiger partial charge in [0, 0.05) is 31.9 Å². The number of amidine groups is 1. The third kappa shape index (κ3) is 5.07. The van der Waals surface area contributed by atoms with Crippen molar-refractivity contribution in [2.24, 2.45) is 0 Å². The molecule has 0 spiro atoms. The smallest absolute Gasteiger partial charge is 0.352 e. The maximum absolute atomic E-state index is 13.3. The molecule has 1 saturated heterocycles. The van der Waals surface area contributed by atoms with E-state index in [4.69, 9.17) is 5.41 Å². The lowest BCUT2D eigenvalue weighted by Crippen LogP contribution is -2.48. The zero-order valence-corrected chi connectivity index (χ0v) is 20.4. The molecule has 0 bridgehead atoms. The van der Waals surface area contributed by atoms with Crippen LogP contribution in [0.15, 0.2) is 53.3 Å². The summed E-state index contributed by atoms with van der Waals surface area (Å²) >= 11 is 0. The summed E-state index contributed by atoms with van der Waals surface area (Å²) in [5.41, 5.74) is 0.488. The van der Waals surface area contributed by atoms with Crippen molar-refractivity contribution in [1.29, 1.82) is 5.41 Å². The second-order valence-electron chi connectivity index (χ2n) is 9.40. The number of hydrogen-bond acceptors (Lipinski definition) is 7. The zero-order valence-electron chi connectivity index (χ0n) is 20.4. The minimum Gasteiger partial charge on any atom is -0.368 e. The highest BCUT2D eigenvalue weighted by molar-refractivity contribution is 6.03. The molecule has 0 atom stereocenters. The molecule has 2 heterocycles. The Labute approximate surface area is 212 Å². The van der Waals surface area contributed by atoms with Gasteiger partial charge in [0.1, 0.15) is 29.8 Å². The summed E-state index contributed by atoms with van der Waals surface area (Å²) < 4.78 is 27.7. The van der Waals surface area contributed by atoms with Crippen molar-refractivity contribution in [2.75, 3.05) is 36.0 Å². The van der Waals surface area contributed by atoms with Gasteiger partial charge in [0.25, 0.3) is 0 Å². The van der Waals surface area contributed by atoms with Gasteiger partial charge in [-0.1, -0.05) is 12.1 Å². The molecule has 1 aromatic heterocycles. The molecule has 1 aliphatic carbocycles. The predicted octanol–water partition coefficient (Wildman–Crippen LogP) is 2.38. The van der Waals surface area contributed by atoms with E-state index >= 15 is 0 Å². The lowest BCUT2D eigenvalue weighted by molar-refractivity contribution is -0.120. The molecule has 37 heavy (non-hydrogen) atoms. The van der Waals surface area contributed by atoms with Gasteiger partial charge < -0.3 is 15.1 Å². The zero-order chi connectivity index (χ0) is 26.2. The number of halogens is 2. The van der Waals surface area contributed by atoms with Crippen LogP contribution < -0.4 is 20.8 Å². The monoisotopic (exact) mass is 507 g/mol. The van der Waals surface area contributed by atoms with Crippen LogP contribution in [-0.2, 0) is 16.8 Å². The first kappa shape index (κ1) is 24.5. The maximum Gasteiger partial charge on any atom is 0.352 e. The second kappa shape index (κ2) is 9.72. The summed E-state index contributed by atoms with van der Waals surface area (Å²) in [5, 5.41) is 11.0. The number of aromatic nitrogens is 3. The molecule has 11 heteroatoms. The van der Waals surface area contributed by atoms with Gasteiger partial charge >= 0.3 is 5.69 Å². The van der Waals surface area contributed by atoms with Gasteiger partial charge in [0.15, 0.2) is 0 Å². The van der Waals surface area contributed by atoms with Crippen molar-refractivity contribution < 1.29 is 13.6 Å². The Bertz CT molecular complexity index is 1380. The molecule has 1 saturated carbocycles. The van der Waals surface area contributed by atoms with Gasteiger partial charge in [0.05, 0.1) is 5.41 Å². The number of aryl methyl sites for hydroxylation is 1. The van der Waals surface area contributed by atoms with Crippen LogP contribution in [0, 0.1) is 24.0 Å². The van der Waals surface area contributed by atoms with Crippen LogP contribution in [0.2, 0.25) is 0 Å². The van der Waals surface area contributed by atoms with Crippen LogP contribution >= 0.6 is 0 Å². The van der Waals surface area contributed by atoms with Gasteiger partial charge in [-0.05, 0) is 61.7 Å². The Hall–Kier alpha value is -4.15. The van der Waals surface area contributed by atoms with Gasteiger partial charge in [-0.15, -0.1) is 0 Å². The summed E-state index contributed by atoms with van der Waals surface area (Å²) in [6.07, 6.45) is 1.37. The van der Waals surface area contributed by atoms with Crippen LogP contribution in [0.25, 0.3) is 0 Å². The number of piperazine rings is 1. The summed E-state index contributed by atoms with van der Waals surface area (Å²) in [6.45, 7) is 3.83. The third-order valence-electron chi connectivity index (χ3n) is 7.02. The van der Waals surface area contributed by atoms with E-state index in [9.17, 15) is 18.4 Å². The maximum atomic E-state index is 13.3. The SMILES string of the molecule is Cc1nc(N2CCN(c3ccc(F)cc3)CC2)nc(=O)n1CC(=O)NC(=N)C1(c2ccc(F)cc2)CC1. The fourth-order valence-corrected chi connectivity index (χ4v) is 4.67. The summed E-state index contributed by atoms with van der Waals surface area (Å²) in [6, 6.07) is 12.3. The van der Waals surface area contributed by atoms with Crippen molar-refractivity contribution in [1.82, 2.24) is 19.9 Å². The molecule has 0 radical (unpaired) electrons. The highest BCUT2D eigenvalue weighted by atomic mass is 19.1. The van der Waals surface area contributed by atoms with Gasteiger partial charge in [-0.2, -0.15) is 9.97 Å². The average molecular weight is 508 g/mol. The Morgan fingerprint density at radius 2 is 1.51 bits per heavy atom. The van der Waals surface area contributed by atoms with Gasteiger partial charge in [-0.3, -0.25) is 14.8 Å². The minimum absolute atomic E-state index is 0.0337. The van der Waals surface area contributed by atoms with Crippen LogP contribution in [0.3, 0.4) is 0 Å². The number of benzene rings is 2. The van der Waals surface area contributed by atoms with Crippen molar-refractivity contribution in [3.63, 3.8) is 0 Å². The highest BCUT2D eigenvalue weighted by Crippen LogP contribution is 2.48. The van der Waals surface area contributed by atoms with Crippen LogP contribution in [-0.4, -0.2) is 52.5 Å². The highest BCUT2D eigenvalue weighted by Gasteiger charge is 2.49. The number of carbonyl (C=O) groups is 1. The number of hydrogen-bond donors (Lipinski definition) is 2. The number of nitrogens with zero attached hydrogens (tertiary/aromatic N) is 5. The van der Waals surface area contributed by atoms with E-state index in [1.165, 1.54) is 28.8 Å². The van der Waals surface area contributed by atoms with E-state index < -0.39 is 17.0 Å². The topological polar surface area (TPSA) is 107 Å². The van der Waals surface area contributed by atoms with E-state index in [1.54, 1.807) is 31.2 Å². The molecular formula is C26H27F2N7O2. The Kier molecular flexibility index (Phi) is 6.45. The normalized spacial score (nSPS) is 16.4. The first-order valence-electron chi connectivity index (χ1n) is 12.1. The molecule has 2 N–H and O–H groups in total. The van der Waals surface area contributed by atoms with Crippen LogP contribution in [0.5, 0.6) is 0 Å². The average Bonchev–Trinajstić information content (AvgIpc) is 3.69. The predicted molar refractivity (Wildman–Crippen MR) is 135 cm³/mol. The van der Waals surface area contributed by atoms with E-state index in [-0.39, 0.29) is 24.0 Å². The molecule has 2 aromatic carbocycles. The first-order valence-corrected chi connectivity index (χ1v) is 12.1. The molecular weight excluding hydrogens is 480 g/mol. The van der Waals surface area contributed by atoms with E-state index in [0.717, 1.165) is 11.3 Å². The Morgan fingerprint density at radius 3 is 2.08 bits per heavy atom. The molecule has 2 fully saturated rings. The second-order valence-corrected chi connectivity index (χ2v) is 9.40. The van der Waals surface area contributed by atoms with Crippen LogP contribution in [0.1, 0.15) is 24.2 Å². The summed E-state index contributed by atoms with van der Waals surface area (Å²) in [4.78, 5) is 38.1. The van der Waals surface area contributed by atoms with Gasteiger partial charge in [-0.25, -0.2) is 13.6 Å². The fraction of sp³-hybridized carbons (Fsp3) is 0.346. The molecule has 2 aliphatic rings. The molecule has 0 unspecified atom stereocenters. The molecule has 3 aromatic rings. The van der Waals surface area contributed by atoms with E-state index in [1.807, 2.05) is 4.90 Å². The number of amides is 1. The standard InChI is InChI=1S/C26H27F2N7O2/c1-17-30-24(34-14-12-33(13-15-34)21-8-6-20(28)7-9-21)32-25(37)35(17)16-22(36)31-23(29)26(10-11-26)18-2-4-19(27)5-3-18/h2-9H,10-16H2,1H3,(H2,29,31,36). The fourth-order valence-electron chi connectivity index (χ4n) is 4.67. The molecule has 1 aliphatic heterocycles. The number of carbonyl (C=O) groups excluding carboxylic acids is 1. The Balaban J connectivity index is 1.21. The van der Waals surface area contributed by atoms with Crippen molar-refractivity contribution >= 4 is 23.4 Å². The minimum atomic E-state index is -0.625. The molecule has 5 rings (SSSR count). The molecule has 9 nitrogen and oxygen atoms in total. The van der Waals surface area contributed by atoms with Crippen molar-refractivity contribution in [2.45, 2.75) is 31.7 Å². The third-order valence-corrected chi connectivity index (χ3v) is 7.02. The lowest BCUT2D eigenvalue weighted by Gasteiger charge is -2.36. The number of anilines is 2. The van der Waals surface area contributed by atoms with E-state index in [0.29, 0.717) is 50.8 Å². The lowest BCUT2D eigenvalue weighted by atomic mass is 9.94. The van der Waals surface area contributed by atoms with Gasteiger partial charge in [0.2, 0.25) is 11.9 Å². The summed E-state index contributed by atoms with van der Waals surface area (Å²) in [7, 11) is 0. The number of rotatable bonds is 6. The largest absolute Gasteiger partial charge is 0.368 e. The Morgan fingerprint density at radius 1 is 0.946 bits per heavy atom. The van der Waals surface area contributed by atoms with Crippen molar-refractivity contribution in [3.05, 3.63) is 82.0 Å². The van der Waals surface area contributed by atoms with Crippen LogP contribution in [0.4, 0.5) is 20.4 Å².